The molecule has 0 saturated carbocycles. The van der Waals surface area contributed by atoms with Crippen LogP contribution in [0.4, 0.5) is 0 Å². The Morgan fingerprint density at radius 2 is 1.86 bits per heavy atom. The van der Waals surface area contributed by atoms with Crippen molar-refractivity contribution in [1.82, 2.24) is 15.0 Å². The Bertz CT molecular complexity index is 1060. The zero-order valence-electron chi connectivity index (χ0n) is 16.2. The Balaban J connectivity index is 1.76. The van der Waals surface area contributed by atoms with Crippen molar-refractivity contribution in [2.24, 2.45) is 11.0 Å². The molecule has 28 heavy (non-hydrogen) atoms. The van der Waals surface area contributed by atoms with Gasteiger partial charge in [0.25, 0.3) is 0 Å². The zero-order valence-corrected chi connectivity index (χ0v) is 16.2. The molecular formula is C22H22N4O2. The number of carbonyl (C=O) groups is 1. The molecule has 6 heteroatoms. The van der Waals surface area contributed by atoms with Gasteiger partial charge in [0.05, 0.1) is 29.9 Å². The Labute approximate surface area is 163 Å². The first kappa shape index (κ1) is 18.1. The number of nitrogens with zero attached hydrogens (tertiary/aromatic N) is 4. The quantitative estimate of drug-likeness (QED) is 0.693. The van der Waals surface area contributed by atoms with Crippen LogP contribution in [0.25, 0.3) is 11.0 Å². The number of aromatic nitrogens is 2. The molecule has 0 bridgehead atoms. The van der Waals surface area contributed by atoms with Gasteiger partial charge in [-0.25, -0.2) is 5.01 Å². The van der Waals surface area contributed by atoms with Crippen LogP contribution in [-0.4, -0.2) is 33.7 Å². The molecule has 1 aromatic heterocycles. The number of para-hydroxylation sites is 1. The van der Waals surface area contributed by atoms with Crippen LogP contribution in [0, 0.1) is 5.92 Å². The maximum Gasteiger partial charge on any atom is 0.245 e. The van der Waals surface area contributed by atoms with Crippen LogP contribution in [0.1, 0.15) is 37.4 Å². The molecule has 6 nitrogen and oxygen atoms in total. The number of hydrogen-bond acceptors (Lipinski definition) is 5. The molecule has 0 N–H and O–H groups in total. The topological polar surface area (TPSA) is 67.7 Å². The lowest BCUT2D eigenvalue weighted by Gasteiger charge is -2.23. The van der Waals surface area contributed by atoms with Crippen molar-refractivity contribution in [1.29, 1.82) is 0 Å². The molecule has 4 rings (SSSR count). The monoisotopic (exact) mass is 374 g/mol. The van der Waals surface area contributed by atoms with Gasteiger partial charge in [0, 0.05) is 30.3 Å². The van der Waals surface area contributed by atoms with Crippen LogP contribution >= 0.6 is 0 Å². The van der Waals surface area contributed by atoms with Crippen LogP contribution in [0.15, 0.2) is 60.0 Å². The molecule has 0 spiro atoms. The number of hydrogen-bond donors (Lipinski definition) is 0. The van der Waals surface area contributed by atoms with Crippen molar-refractivity contribution in [2.45, 2.75) is 26.3 Å². The van der Waals surface area contributed by atoms with Gasteiger partial charge in [0.2, 0.25) is 5.91 Å². The fourth-order valence-corrected chi connectivity index (χ4v) is 3.47. The predicted molar refractivity (Wildman–Crippen MR) is 108 cm³/mol. The number of ether oxygens (including phenoxy) is 1. The second-order valence-corrected chi connectivity index (χ2v) is 7.11. The summed E-state index contributed by atoms with van der Waals surface area (Å²) in [5, 5.41) is 6.33. The van der Waals surface area contributed by atoms with E-state index in [1.165, 1.54) is 0 Å². The van der Waals surface area contributed by atoms with Gasteiger partial charge in [0.1, 0.15) is 5.75 Å². The Morgan fingerprint density at radius 3 is 2.61 bits per heavy atom. The number of fused-ring (bicyclic) bond motifs is 1. The van der Waals surface area contributed by atoms with Gasteiger partial charge in [-0.3, -0.25) is 14.8 Å². The summed E-state index contributed by atoms with van der Waals surface area (Å²) >= 11 is 0. The van der Waals surface area contributed by atoms with Crippen LogP contribution in [-0.2, 0) is 4.79 Å². The lowest BCUT2D eigenvalue weighted by Crippen LogP contribution is -2.30. The molecule has 3 aromatic rings. The predicted octanol–water partition coefficient (Wildman–Crippen LogP) is 3.97. The third-order valence-corrected chi connectivity index (χ3v) is 4.93. The summed E-state index contributed by atoms with van der Waals surface area (Å²) < 4.78 is 5.50. The second kappa shape index (κ2) is 7.38. The molecule has 1 aliphatic rings. The molecule has 0 radical (unpaired) electrons. The standard InChI is InChI=1S/C22H22N4O2/c1-14(2)22(27)26-20(15-8-9-17-19(12-15)24-11-10-23-17)13-18(25-26)16-6-4-5-7-21(16)28-3/h4-12,14,20H,13H2,1-3H3/t20-/m0/s1. The molecule has 1 atom stereocenters. The summed E-state index contributed by atoms with van der Waals surface area (Å²) in [4.78, 5) is 21.6. The van der Waals surface area contributed by atoms with Crippen LogP contribution < -0.4 is 4.74 Å². The van der Waals surface area contributed by atoms with E-state index in [4.69, 9.17) is 9.84 Å². The number of amides is 1. The van der Waals surface area contributed by atoms with Crippen LogP contribution in [0.3, 0.4) is 0 Å². The van der Waals surface area contributed by atoms with Gasteiger partial charge in [-0.2, -0.15) is 5.10 Å². The van der Waals surface area contributed by atoms with E-state index in [0.29, 0.717) is 6.42 Å². The minimum absolute atomic E-state index is 0.00543. The third-order valence-electron chi connectivity index (χ3n) is 4.93. The summed E-state index contributed by atoms with van der Waals surface area (Å²) in [5.41, 5.74) is 4.39. The molecule has 0 unspecified atom stereocenters. The van der Waals surface area contributed by atoms with E-state index in [1.807, 2.05) is 56.3 Å². The minimum atomic E-state index is -0.179. The summed E-state index contributed by atoms with van der Waals surface area (Å²) in [6, 6.07) is 13.5. The second-order valence-electron chi connectivity index (χ2n) is 7.11. The first-order valence-electron chi connectivity index (χ1n) is 9.33. The summed E-state index contributed by atoms with van der Waals surface area (Å²) in [6.07, 6.45) is 3.97. The number of methoxy groups -OCH3 is 1. The van der Waals surface area contributed by atoms with Gasteiger partial charge in [0.15, 0.2) is 0 Å². The maximum atomic E-state index is 12.9. The van der Waals surface area contributed by atoms with Crippen molar-refractivity contribution in [3.05, 3.63) is 66.0 Å². The Morgan fingerprint density at radius 1 is 1.11 bits per heavy atom. The van der Waals surface area contributed by atoms with Crippen molar-refractivity contribution in [3.63, 3.8) is 0 Å². The molecule has 0 saturated heterocycles. The highest BCUT2D eigenvalue weighted by atomic mass is 16.5. The molecule has 0 aliphatic carbocycles. The minimum Gasteiger partial charge on any atom is -0.496 e. The summed E-state index contributed by atoms with van der Waals surface area (Å²) in [6.45, 7) is 3.78. The SMILES string of the molecule is COc1ccccc1C1=NN(C(=O)C(C)C)[C@H](c2ccc3nccnc3c2)C1. The molecule has 1 aliphatic heterocycles. The van der Waals surface area contributed by atoms with E-state index in [1.54, 1.807) is 24.5 Å². The molecule has 0 fully saturated rings. The largest absolute Gasteiger partial charge is 0.496 e. The molecule has 2 heterocycles. The van der Waals surface area contributed by atoms with E-state index in [2.05, 4.69) is 9.97 Å². The van der Waals surface area contributed by atoms with Crippen molar-refractivity contribution in [3.8, 4) is 5.75 Å². The lowest BCUT2D eigenvalue weighted by atomic mass is 9.97. The number of rotatable bonds is 4. The first-order chi connectivity index (χ1) is 13.6. The van der Waals surface area contributed by atoms with Crippen LogP contribution in [0.5, 0.6) is 5.75 Å². The van der Waals surface area contributed by atoms with Gasteiger partial charge < -0.3 is 4.74 Å². The molecule has 2 aromatic carbocycles. The fraction of sp³-hybridized carbons (Fsp3) is 0.273. The average molecular weight is 374 g/mol. The number of benzene rings is 2. The van der Waals surface area contributed by atoms with E-state index >= 15 is 0 Å². The van der Waals surface area contributed by atoms with Crippen molar-refractivity contribution in [2.75, 3.05) is 7.11 Å². The molecule has 1 amide bonds. The van der Waals surface area contributed by atoms with E-state index in [-0.39, 0.29) is 17.9 Å². The summed E-state index contributed by atoms with van der Waals surface area (Å²) in [7, 11) is 1.64. The third kappa shape index (κ3) is 3.22. The van der Waals surface area contributed by atoms with Crippen molar-refractivity contribution >= 4 is 22.7 Å². The maximum absolute atomic E-state index is 12.9. The highest BCUT2D eigenvalue weighted by Crippen LogP contribution is 2.36. The zero-order chi connectivity index (χ0) is 19.7. The highest BCUT2D eigenvalue weighted by molar-refractivity contribution is 6.05. The Hall–Kier alpha value is -3.28. The fourth-order valence-electron chi connectivity index (χ4n) is 3.47. The summed E-state index contributed by atoms with van der Waals surface area (Å²) in [5.74, 6) is 0.598. The first-order valence-corrected chi connectivity index (χ1v) is 9.33. The van der Waals surface area contributed by atoms with Gasteiger partial charge in [-0.1, -0.05) is 32.0 Å². The number of carbonyl (C=O) groups excluding carboxylic acids is 1. The smallest absolute Gasteiger partial charge is 0.245 e. The van der Waals surface area contributed by atoms with E-state index < -0.39 is 0 Å². The van der Waals surface area contributed by atoms with Gasteiger partial charge in [-0.05, 0) is 29.8 Å². The lowest BCUT2D eigenvalue weighted by molar-refractivity contribution is -0.136. The highest BCUT2D eigenvalue weighted by Gasteiger charge is 2.35. The molecule has 142 valence electrons. The normalized spacial score (nSPS) is 16.5. The van der Waals surface area contributed by atoms with Gasteiger partial charge >= 0.3 is 0 Å². The van der Waals surface area contributed by atoms with E-state index in [0.717, 1.165) is 33.6 Å². The van der Waals surface area contributed by atoms with E-state index in [9.17, 15) is 4.79 Å². The molecular weight excluding hydrogens is 352 g/mol. The van der Waals surface area contributed by atoms with Crippen molar-refractivity contribution < 1.29 is 9.53 Å². The number of hydrazone groups is 1. The van der Waals surface area contributed by atoms with Crippen LogP contribution in [0.2, 0.25) is 0 Å². The average Bonchev–Trinajstić information content (AvgIpc) is 3.17. The van der Waals surface area contributed by atoms with Gasteiger partial charge in [-0.15, -0.1) is 0 Å². The Kier molecular flexibility index (Phi) is 4.77.